The number of carbonyl (C=O) groups is 1. The summed E-state index contributed by atoms with van der Waals surface area (Å²) in [4.78, 5) is 16.7. The van der Waals surface area contributed by atoms with Crippen LogP contribution < -0.4 is 0 Å². The Morgan fingerprint density at radius 2 is 1.97 bits per heavy atom. The van der Waals surface area contributed by atoms with Crippen molar-refractivity contribution >= 4 is 16.7 Å². The van der Waals surface area contributed by atoms with Gasteiger partial charge in [0.1, 0.15) is 11.4 Å². The molecule has 4 nitrogen and oxygen atoms in total. The second-order valence-electron chi connectivity index (χ2n) is 11.1. The van der Waals surface area contributed by atoms with Crippen LogP contribution >= 0.6 is 0 Å². The van der Waals surface area contributed by atoms with E-state index in [9.17, 15) is 9.90 Å². The van der Waals surface area contributed by atoms with Gasteiger partial charge in [0.15, 0.2) is 11.9 Å². The van der Waals surface area contributed by atoms with Crippen molar-refractivity contribution in [2.75, 3.05) is 0 Å². The Bertz CT molecular complexity index is 1180. The number of nitrogens with one attached hydrogen (secondary N) is 1. The molecular formula is C27H31NO3. The number of hydrogen-bond acceptors (Lipinski definition) is 3. The Morgan fingerprint density at radius 1 is 1.19 bits per heavy atom. The SMILES string of the molecule is CC(C)(O)[C@H]1OC2=CC[C@@]3(C)C(CCC4Cc5c([nH]c6ccccc56)[C@@]43C)C2=CC1=O. The highest BCUT2D eigenvalue weighted by Crippen LogP contribution is 2.67. The second kappa shape index (κ2) is 5.92. The molecule has 2 heterocycles. The summed E-state index contributed by atoms with van der Waals surface area (Å²) in [6, 6.07) is 8.66. The molecule has 31 heavy (non-hydrogen) atoms. The Kier molecular flexibility index (Phi) is 3.70. The minimum atomic E-state index is -1.20. The van der Waals surface area contributed by atoms with Gasteiger partial charge in [0.05, 0.1) is 0 Å². The maximum Gasteiger partial charge on any atom is 0.199 e. The number of carbonyl (C=O) groups excluding carboxylic acids is 1. The van der Waals surface area contributed by atoms with Gasteiger partial charge in [-0.15, -0.1) is 0 Å². The average molecular weight is 418 g/mol. The maximum absolute atomic E-state index is 12.9. The van der Waals surface area contributed by atoms with Gasteiger partial charge in [0, 0.05) is 27.6 Å². The molecule has 5 atom stereocenters. The lowest BCUT2D eigenvalue weighted by molar-refractivity contribution is -0.139. The van der Waals surface area contributed by atoms with Gasteiger partial charge >= 0.3 is 0 Å². The molecule has 0 saturated heterocycles. The number of aliphatic hydroxyl groups is 1. The van der Waals surface area contributed by atoms with E-state index < -0.39 is 11.7 Å². The van der Waals surface area contributed by atoms with E-state index in [-0.39, 0.29) is 22.5 Å². The van der Waals surface area contributed by atoms with Gasteiger partial charge in [-0.3, -0.25) is 4.79 Å². The lowest BCUT2D eigenvalue weighted by atomic mass is 9.46. The van der Waals surface area contributed by atoms with Crippen molar-refractivity contribution in [3.05, 3.63) is 59.0 Å². The van der Waals surface area contributed by atoms with Gasteiger partial charge in [0.25, 0.3) is 0 Å². The first-order chi connectivity index (χ1) is 14.6. The zero-order chi connectivity index (χ0) is 21.8. The van der Waals surface area contributed by atoms with E-state index in [1.807, 2.05) is 0 Å². The molecule has 0 bridgehead atoms. The van der Waals surface area contributed by atoms with Crippen molar-refractivity contribution in [3.8, 4) is 0 Å². The standard InChI is InChI=1S/C27H31NO3/c1-25(2,30)24-21(29)14-18-19-10-9-15-13-17-16-7-5-6-8-20(16)28-23(17)27(15,4)26(19,3)12-11-22(18)31-24/h5-8,11,14-15,19,24,28,30H,9-10,12-13H2,1-4H3/t15?,19?,24-,26-,27+/m0/s1. The van der Waals surface area contributed by atoms with Crippen LogP contribution in [0.1, 0.15) is 58.2 Å². The molecule has 1 saturated carbocycles. The molecule has 1 aromatic heterocycles. The zero-order valence-corrected chi connectivity index (χ0v) is 18.8. The van der Waals surface area contributed by atoms with Crippen LogP contribution in [-0.4, -0.2) is 27.6 Å². The van der Waals surface area contributed by atoms with Crippen molar-refractivity contribution in [2.45, 2.75) is 70.5 Å². The normalized spacial score (nSPS) is 36.7. The van der Waals surface area contributed by atoms with Crippen molar-refractivity contribution in [3.63, 3.8) is 0 Å². The Balaban J connectivity index is 1.48. The van der Waals surface area contributed by atoms with E-state index >= 15 is 0 Å². The van der Waals surface area contributed by atoms with Gasteiger partial charge in [-0.1, -0.05) is 32.0 Å². The number of fused-ring (bicyclic) bond motifs is 9. The topological polar surface area (TPSA) is 62.3 Å². The molecule has 0 spiro atoms. The monoisotopic (exact) mass is 417 g/mol. The largest absolute Gasteiger partial charge is 0.479 e. The molecule has 4 heteroatoms. The third-order valence-corrected chi connectivity index (χ3v) is 9.17. The Morgan fingerprint density at radius 3 is 2.74 bits per heavy atom. The van der Waals surface area contributed by atoms with Crippen LogP contribution in [0.15, 0.2) is 47.7 Å². The molecule has 1 aliphatic heterocycles. The van der Waals surface area contributed by atoms with Crippen LogP contribution in [0.3, 0.4) is 0 Å². The number of H-pyrrole nitrogens is 1. The van der Waals surface area contributed by atoms with Crippen molar-refractivity contribution in [2.24, 2.45) is 17.3 Å². The summed E-state index contributed by atoms with van der Waals surface area (Å²) in [6.45, 7) is 8.16. The predicted octanol–water partition coefficient (Wildman–Crippen LogP) is 4.97. The van der Waals surface area contributed by atoms with E-state index in [4.69, 9.17) is 4.74 Å². The van der Waals surface area contributed by atoms with E-state index in [0.29, 0.717) is 5.92 Å². The molecule has 1 aromatic carbocycles. The Hall–Kier alpha value is -2.33. The first-order valence-corrected chi connectivity index (χ1v) is 11.6. The molecule has 2 unspecified atom stereocenters. The highest BCUT2D eigenvalue weighted by molar-refractivity contribution is 5.97. The van der Waals surface area contributed by atoms with Gasteiger partial charge in [-0.05, 0) is 80.6 Å². The van der Waals surface area contributed by atoms with E-state index in [1.165, 1.54) is 22.2 Å². The molecular weight excluding hydrogens is 386 g/mol. The highest BCUT2D eigenvalue weighted by atomic mass is 16.5. The smallest absolute Gasteiger partial charge is 0.199 e. The van der Waals surface area contributed by atoms with Gasteiger partial charge in [-0.25, -0.2) is 0 Å². The summed E-state index contributed by atoms with van der Waals surface area (Å²) >= 11 is 0. The molecule has 0 amide bonds. The molecule has 1 fully saturated rings. The molecule has 6 rings (SSSR count). The number of para-hydroxylation sites is 1. The number of rotatable bonds is 1. The number of benzene rings is 1. The predicted molar refractivity (Wildman–Crippen MR) is 121 cm³/mol. The van der Waals surface area contributed by atoms with Gasteiger partial charge in [0.2, 0.25) is 0 Å². The lowest BCUT2D eigenvalue weighted by Crippen LogP contribution is -2.56. The van der Waals surface area contributed by atoms with E-state index in [0.717, 1.165) is 37.0 Å². The molecule has 0 radical (unpaired) electrons. The summed E-state index contributed by atoms with van der Waals surface area (Å²) in [5, 5.41) is 11.8. The third-order valence-electron chi connectivity index (χ3n) is 9.17. The fourth-order valence-electron chi connectivity index (χ4n) is 7.34. The highest BCUT2D eigenvalue weighted by Gasteiger charge is 2.63. The summed E-state index contributed by atoms with van der Waals surface area (Å²) in [6.07, 6.45) is 7.41. The van der Waals surface area contributed by atoms with Gasteiger partial charge in [-0.2, -0.15) is 0 Å². The van der Waals surface area contributed by atoms with Crippen molar-refractivity contribution < 1.29 is 14.6 Å². The maximum atomic E-state index is 12.9. The number of hydrogen-bond donors (Lipinski definition) is 2. The van der Waals surface area contributed by atoms with Crippen LogP contribution in [0, 0.1) is 17.3 Å². The third kappa shape index (κ3) is 2.32. The minimum Gasteiger partial charge on any atom is -0.479 e. The fourth-order valence-corrected chi connectivity index (χ4v) is 7.34. The molecule has 3 aliphatic carbocycles. The summed E-state index contributed by atoms with van der Waals surface area (Å²) in [5.41, 5.74) is 3.99. The lowest BCUT2D eigenvalue weighted by Gasteiger charge is -2.58. The molecule has 2 N–H and O–H groups in total. The summed E-state index contributed by atoms with van der Waals surface area (Å²) in [7, 11) is 0. The van der Waals surface area contributed by atoms with Crippen molar-refractivity contribution in [1.29, 1.82) is 0 Å². The quantitative estimate of drug-likeness (QED) is 0.689. The zero-order valence-electron chi connectivity index (χ0n) is 18.8. The fraction of sp³-hybridized carbons (Fsp3) is 0.519. The number of aromatic amines is 1. The number of ketones is 1. The number of aromatic nitrogens is 1. The van der Waals surface area contributed by atoms with E-state index in [1.54, 1.807) is 19.9 Å². The van der Waals surface area contributed by atoms with Crippen LogP contribution in [0.4, 0.5) is 0 Å². The number of ether oxygens (including phenoxy) is 1. The van der Waals surface area contributed by atoms with Crippen molar-refractivity contribution in [1.82, 2.24) is 4.98 Å². The Labute approximate surface area is 183 Å². The van der Waals surface area contributed by atoms with Crippen LogP contribution in [0.2, 0.25) is 0 Å². The van der Waals surface area contributed by atoms with E-state index in [2.05, 4.69) is 49.2 Å². The molecule has 2 aromatic rings. The summed E-state index contributed by atoms with van der Waals surface area (Å²) in [5.74, 6) is 1.58. The minimum absolute atomic E-state index is 0.00256. The van der Waals surface area contributed by atoms with Crippen LogP contribution in [0.25, 0.3) is 10.9 Å². The van der Waals surface area contributed by atoms with Crippen LogP contribution in [0.5, 0.6) is 0 Å². The first kappa shape index (κ1) is 19.4. The van der Waals surface area contributed by atoms with Crippen LogP contribution in [-0.2, 0) is 21.4 Å². The number of allylic oxidation sites excluding steroid dienone is 2. The second-order valence-corrected chi connectivity index (χ2v) is 11.1. The molecule has 4 aliphatic rings. The molecule has 162 valence electrons. The average Bonchev–Trinajstić information content (AvgIpc) is 3.22. The summed E-state index contributed by atoms with van der Waals surface area (Å²) < 4.78 is 6.11. The first-order valence-electron chi connectivity index (χ1n) is 11.6. The van der Waals surface area contributed by atoms with Gasteiger partial charge < -0.3 is 14.8 Å².